The van der Waals surface area contributed by atoms with Crippen LogP contribution >= 0.6 is 0 Å². The first-order valence-electron chi connectivity index (χ1n) is 8.35. The molecule has 2 rings (SSSR count). The van der Waals surface area contributed by atoms with Gasteiger partial charge in [0.25, 0.3) is 5.91 Å². The Hall–Kier alpha value is -4.11. The molecule has 1 amide bonds. The van der Waals surface area contributed by atoms with Crippen LogP contribution in [0.3, 0.4) is 0 Å². The van der Waals surface area contributed by atoms with Crippen molar-refractivity contribution < 1.29 is 58.9 Å². The summed E-state index contributed by atoms with van der Waals surface area (Å²) in [5.41, 5.74) is 8.44. The van der Waals surface area contributed by atoms with Crippen molar-refractivity contribution in [2.45, 2.75) is 12.7 Å². The van der Waals surface area contributed by atoms with E-state index in [1.165, 1.54) is 0 Å². The lowest BCUT2D eigenvalue weighted by molar-refractivity contribution is -0.275. The zero-order valence-electron chi connectivity index (χ0n) is 16.6. The molecule has 0 unspecified atom stereocenters. The van der Waals surface area contributed by atoms with E-state index in [0.717, 1.165) is 19.2 Å². The van der Waals surface area contributed by atoms with Crippen LogP contribution in [0.25, 0.3) is 0 Å². The molecule has 0 fully saturated rings. The van der Waals surface area contributed by atoms with Crippen LogP contribution in [0.2, 0.25) is 0 Å². The van der Waals surface area contributed by atoms with Crippen molar-refractivity contribution in [1.29, 1.82) is 0 Å². The number of hydrogen-bond donors (Lipinski definition) is 2. The fourth-order valence-corrected chi connectivity index (χ4v) is 2.01. The quantitative estimate of drug-likeness (QED) is 0.282. The van der Waals surface area contributed by atoms with Crippen LogP contribution < -0.4 is 20.9 Å². The molecule has 2 aromatic carbocycles. The fourth-order valence-electron chi connectivity index (χ4n) is 2.01. The van der Waals surface area contributed by atoms with E-state index < -0.39 is 64.8 Å². The zero-order valence-corrected chi connectivity index (χ0v) is 16.6. The highest BCUT2D eigenvalue weighted by atomic mass is 19.4. The van der Waals surface area contributed by atoms with Gasteiger partial charge in [0.15, 0.2) is 5.96 Å². The van der Waals surface area contributed by atoms with E-state index in [1.807, 2.05) is 0 Å². The highest BCUT2D eigenvalue weighted by molar-refractivity contribution is 6.02. The molecule has 34 heavy (non-hydrogen) atoms. The molecule has 16 heteroatoms. The van der Waals surface area contributed by atoms with Gasteiger partial charge in [0.05, 0.1) is 18.2 Å². The molecule has 0 aliphatic rings. The number of methoxy groups -OCH3 is 1. The second-order valence-corrected chi connectivity index (χ2v) is 5.71. The molecule has 0 bridgehead atoms. The summed E-state index contributed by atoms with van der Waals surface area (Å²) in [7, 11) is 0.985. The largest absolute Gasteiger partial charge is 0.573 e. The number of amides is 1. The van der Waals surface area contributed by atoms with Gasteiger partial charge in [0.1, 0.15) is 23.1 Å². The molecule has 186 valence electrons. The third-order valence-corrected chi connectivity index (χ3v) is 3.21. The van der Waals surface area contributed by atoms with Gasteiger partial charge < -0.3 is 25.7 Å². The van der Waals surface area contributed by atoms with Gasteiger partial charge in [-0.05, 0) is 36.4 Å². The summed E-state index contributed by atoms with van der Waals surface area (Å²) in [4.78, 5) is 25.2. The van der Waals surface area contributed by atoms with Crippen LogP contribution in [0.15, 0.2) is 41.4 Å². The molecule has 0 radical (unpaired) electrons. The third kappa shape index (κ3) is 9.58. The Labute approximate surface area is 184 Å². The molecule has 8 nitrogen and oxygen atoms in total. The smallest absolute Gasteiger partial charge is 0.465 e. The van der Waals surface area contributed by atoms with E-state index >= 15 is 0 Å². The van der Waals surface area contributed by atoms with Crippen LogP contribution in [0, 0.1) is 11.6 Å². The predicted molar refractivity (Wildman–Crippen MR) is 97.6 cm³/mol. The SMILES string of the molecule is COC(=O)c1cc(OC(F)(F)F)ccc1F.NC(N)=NC(=O)c1cc(OC(F)(F)F)ccc1F. The molecular formula is C18H13F8N3O5. The molecule has 0 aliphatic heterocycles. The summed E-state index contributed by atoms with van der Waals surface area (Å²) >= 11 is 0. The van der Waals surface area contributed by atoms with Crippen LogP contribution in [-0.2, 0) is 4.74 Å². The van der Waals surface area contributed by atoms with Crippen molar-refractivity contribution in [3.63, 3.8) is 0 Å². The van der Waals surface area contributed by atoms with Crippen molar-refractivity contribution >= 4 is 17.8 Å². The summed E-state index contributed by atoms with van der Waals surface area (Å²) in [6.07, 6.45) is -9.85. The first-order valence-corrected chi connectivity index (χ1v) is 8.35. The van der Waals surface area contributed by atoms with E-state index in [9.17, 15) is 44.7 Å². The molecule has 0 saturated heterocycles. The second-order valence-electron chi connectivity index (χ2n) is 5.71. The second kappa shape index (κ2) is 11.2. The molecule has 0 saturated carbocycles. The predicted octanol–water partition coefficient (Wildman–Crippen LogP) is 3.65. The van der Waals surface area contributed by atoms with Crippen LogP contribution in [0.5, 0.6) is 11.5 Å². The van der Waals surface area contributed by atoms with Gasteiger partial charge >= 0.3 is 18.7 Å². The molecule has 4 N–H and O–H groups in total. The highest BCUT2D eigenvalue weighted by Gasteiger charge is 2.32. The van der Waals surface area contributed by atoms with E-state index in [0.29, 0.717) is 24.3 Å². The Morgan fingerprint density at radius 3 is 1.59 bits per heavy atom. The number of guanidine groups is 1. The minimum atomic E-state index is -4.95. The van der Waals surface area contributed by atoms with Gasteiger partial charge in [0.2, 0.25) is 0 Å². The van der Waals surface area contributed by atoms with Gasteiger partial charge in [-0.3, -0.25) is 4.79 Å². The van der Waals surface area contributed by atoms with Crippen LogP contribution in [-0.4, -0.2) is 37.7 Å². The number of nitrogens with zero attached hydrogens (tertiary/aromatic N) is 1. The lowest BCUT2D eigenvalue weighted by atomic mass is 10.2. The normalized spacial score (nSPS) is 11.0. The Bertz CT molecular complexity index is 1070. The molecule has 2 aromatic rings. The average molecular weight is 503 g/mol. The number of esters is 1. The van der Waals surface area contributed by atoms with Gasteiger partial charge in [-0.25, -0.2) is 13.6 Å². The number of carbonyl (C=O) groups excluding carboxylic acids is 2. The fraction of sp³-hybridized carbons (Fsp3) is 0.167. The minimum Gasteiger partial charge on any atom is -0.465 e. The number of alkyl halides is 6. The Balaban J connectivity index is 0.000000342. The summed E-state index contributed by atoms with van der Waals surface area (Å²) in [6.45, 7) is 0. The molecule has 0 heterocycles. The van der Waals surface area contributed by atoms with Crippen molar-refractivity contribution in [2.24, 2.45) is 16.5 Å². The third-order valence-electron chi connectivity index (χ3n) is 3.21. The lowest BCUT2D eigenvalue weighted by Gasteiger charge is -2.09. The summed E-state index contributed by atoms with van der Waals surface area (Å²) in [5, 5.41) is 0. The lowest BCUT2D eigenvalue weighted by Crippen LogP contribution is -2.24. The van der Waals surface area contributed by atoms with Crippen molar-refractivity contribution in [3.8, 4) is 11.5 Å². The number of benzene rings is 2. The van der Waals surface area contributed by atoms with E-state index in [-0.39, 0.29) is 0 Å². The zero-order chi connectivity index (χ0) is 26.3. The number of hydrogen-bond acceptors (Lipinski definition) is 5. The number of rotatable bonds is 4. The monoisotopic (exact) mass is 503 g/mol. The molecular weight excluding hydrogens is 490 g/mol. The number of aliphatic imine (C=N–C) groups is 1. The van der Waals surface area contributed by atoms with Gasteiger partial charge in [-0.15, -0.1) is 26.3 Å². The first kappa shape index (κ1) is 27.9. The summed E-state index contributed by atoms with van der Waals surface area (Å²) in [6, 6.07) is 3.97. The van der Waals surface area contributed by atoms with Crippen molar-refractivity contribution in [1.82, 2.24) is 0 Å². The summed E-state index contributed by atoms with van der Waals surface area (Å²) < 4.78 is 109. The number of nitrogens with two attached hydrogens (primary N) is 2. The minimum absolute atomic E-state index is 0.553. The molecule has 0 aromatic heterocycles. The maximum absolute atomic E-state index is 13.2. The highest BCUT2D eigenvalue weighted by Crippen LogP contribution is 2.26. The maximum Gasteiger partial charge on any atom is 0.573 e. The number of ether oxygens (including phenoxy) is 3. The van der Waals surface area contributed by atoms with Gasteiger partial charge in [-0.1, -0.05) is 0 Å². The Morgan fingerprint density at radius 1 is 0.794 bits per heavy atom. The molecule has 0 spiro atoms. The standard InChI is InChI=1S/C9H7F4N3O2.C9H6F4O3/c10-6-2-1-4(18-9(11,12)13)3-5(6)7(17)16-8(14)15;1-15-8(14)6-4-5(2-3-7(6)10)16-9(11,12)13/h1-3H,(H4,14,15,16,17);2-4H,1H3. The van der Waals surface area contributed by atoms with Gasteiger partial charge in [-0.2, -0.15) is 4.99 Å². The van der Waals surface area contributed by atoms with E-state index in [4.69, 9.17) is 11.5 Å². The van der Waals surface area contributed by atoms with Crippen LogP contribution in [0.1, 0.15) is 20.7 Å². The average Bonchev–Trinajstić information content (AvgIpc) is 2.68. The van der Waals surface area contributed by atoms with Crippen molar-refractivity contribution in [2.75, 3.05) is 7.11 Å². The Kier molecular flexibility index (Phi) is 9.16. The van der Waals surface area contributed by atoms with Gasteiger partial charge in [0, 0.05) is 0 Å². The van der Waals surface area contributed by atoms with E-state index in [1.54, 1.807) is 0 Å². The number of halogens is 8. The first-order chi connectivity index (χ1) is 15.5. The van der Waals surface area contributed by atoms with Crippen LogP contribution in [0.4, 0.5) is 35.1 Å². The van der Waals surface area contributed by atoms with E-state index in [2.05, 4.69) is 19.2 Å². The maximum atomic E-state index is 13.2. The van der Waals surface area contributed by atoms with Crippen molar-refractivity contribution in [3.05, 3.63) is 59.2 Å². The number of carbonyl (C=O) groups is 2. The summed E-state index contributed by atoms with van der Waals surface area (Å²) in [5.74, 6) is -6.42. The topological polar surface area (TPSA) is 126 Å². The molecule has 0 aliphatic carbocycles. The molecule has 0 atom stereocenters. The Morgan fingerprint density at radius 2 is 1.21 bits per heavy atom.